The SMILES string of the molecule is Cn1cc(COc2ccc(NC=C(C#N)c3nn[nH]n3)cc2F)cn1. The minimum Gasteiger partial charge on any atom is -0.486 e. The number of halogens is 1. The number of benzene rings is 1. The summed E-state index contributed by atoms with van der Waals surface area (Å²) in [6.45, 7) is 0.216. The number of nitrogens with zero attached hydrogens (tertiary/aromatic N) is 6. The van der Waals surface area contributed by atoms with Crippen molar-refractivity contribution in [2.75, 3.05) is 5.32 Å². The van der Waals surface area contributed by atoms with Crippen molar-refractivity contribution < 1.29 is 9.13 Å². The molecule has 0 bridgehead atoms. The number of anilines is 1. The Morgan fingerprint density at radius 3 is 3.04 bits per heavy atom. The first-order chi connectivity index (χ1) is 12.2. The van der Waals surface area contributed by atoms with Gasteiger partial charge in [0.15, 0.2) is 11.6 Å². The molecule has 126 valence electrons. The molecule has 10 heteroatoms. The van der Waals surface area contributed by atoms with E-state index in [0.717, 1.165) is 5.56 Å². The molecule has 2 heterocycles. The van der Waals surface area contributed by atoms with Crippen molar-refractivity contribution in [1.82, 2.24) is 30.4 Å². The zero-order valence-electron chi connectivity index (χ0n) is 13.1. The molecule has 0 saturated heterocycles. The number of H-pyrrole nitrogens is 1. The van der Waals surface area contributed by atoms with Crippen LogP contribution >= 0.6 is 0 Å². The molecule has 0 spiro atoms. The Labute approximate surface area is 141 Å². The van der Waals surface area contributed by atoms with Crippen molar-refractivity contribution in [3.05, 3.63) is 54.0 Å². The van der Waals surface area contributed by atoms with Crippen LogP contribution in [0.15, 0.2) is 36.8 Å². The number of aryl methyl sites for hydroxylation is 1. The van der Waals surface area contributed by atoms with Crippen LogP contribution in [0.1, 0.15) is 11.4 Å². The topological polar surface area (TPSA) is 117 Å². The van der Waals surface area contributed by atoms with Gasteiger partial charge in [0.2, 0.25) is 5.82 Å². The summed E-state index contributed by atoms with van der Waals surface area (Å²) in [6.07, 6.45) is 4.82. The van der Waals surface area contributed by atoms with Crippen molar-refractivity contribution in [2.24, 2.45) is 7.05 Å². The van der Waals surface area contributed by atoms with E-state index in [-0.39, 0.29) is 23.8 Å². The van der Waals surface area contributed by atoms with Crippen LogP contribution in [0.4, 0.5) is 10.1 Å². The third-order valence-electron chi connectivity index (χ3n) is 3.17. The summed E-state index contributed by atoms with van der Waals surface area (Å²) in [5, 5.41) is 29.0. The Morgan fingerprint density at radius 2 is 2.40 bits per heavy atom. The summed E-state index contributed by atoms with van der Waals surface area (Å²) in [5.41, 5.74) is 1.44. The Kier molecular flexibility index (Phi) is 4.66. The number of ether oxygens (including phenoxy) is 1. The number of tetrazole rings is 1. The zero-order chi connectivity index (χ0) is 17.6. The maximum atomic E-state index is 14.1. The lowest BCUT2D eigenvalue weighted by molar-refractivity contribution is 0.290. The third-order valence-corrected chi connectivity index (χ3v) is 3.17. The molecule has 25 heavy (non-hydrogen) atoms. The van der Waals surface area contributed by atoms with Gasteiger partial charge in [-0.05, 0) is 17.3 Å². The quantitative estimate of drug-likeness (QED) is 0.655. The molecule has 0 aliphatic carbocycles. The highest BCUT2D eigenvalue weighted by Gasteiger charge is 2.08. The van der Waals surface area contributed by atoms with Gasteiger partial charge < -0.3 is 10.1 Å². The molecule has 0 fully saturated rings. The van der Waals surface area contributed by atoms with Crippen LogP contribution < -0.4 is 10.1 Å². The van der Waals surface area contributed by atoms with Crippen LogP contribution in [0.3, 0.4) is 0 Å². The number of nitriles is 1. The standard InChI is InChI=1S/C15H13FN8O/c1-24-8-10(6-19-24)9-25-14-3-2-12(4-13(14)16)18-7-11(5-17)15-20-22-23-21-15/h2-4,6-8,18H,9H2,1H3,(H,20,21,22,23). The van der Waals surface area contributed by atoms with Gasteiger partial charge in [0.25, 0.3) is 0 Å². The Bertz CT molecular complexity index is 925. The lowest BCUT2D eigenvalue weighted by Crippen LogP contribution is -1.98. The molecule has 3 rings (SSSR count). The average Bonchev–Trinajstić information content (AvgIpc) is 3.27. The Balaban J connectivity index is 1.66. The van der Waals surface area contributed by atoms with Crippen LogP contribution in [0.5, 0.6) is 5.75 Å². The minimum atomic E-state index is -0.527. The number of hydrogen-bond acceptors (Lipinski definition) is 7. The van der Waals surface area contributed by atoms with Crippen molar-refractivity contribution in [3.8, 4) is 11.8 Å². The van der Waals surface area contributed by atoms with Gasteiger partial charge in [0.05, 0.1) is 6.20 Å². The molecule has 9 nitrogen and oxygen atoms in total. The fourth-order valence-corrected chi connectivity index (χ4v) is 1.99. The largest absolute Gasteiger partial charge is 0.486 e. The molecule has 0 radical (unpaired) electrons. The van der Waals surface area contributed by atoms with E-state index in [1.54, 1.807) is 30.2 Å². The lowest BCUT2D eigenvalue weighted by atomic mass is 10.2. The van der Waals surface area contributed by atoms with E-state index in [4.69, 9.17) is 10.00 Å². The highest BCUT2D eigenvalue weighted by Crippen LogP contribution is 2.22. The molecule has 2 N–H and O–H groups in total. The van der Waals surface area contributed by atoms with Gasteiger partial charge in [-0.3, -0.25) is 4.68 Å². The van der Waals surface area contributed by atoms with Crippen molar-refractivity contribution in [3.63, 3.8) is 0 Å². The summed E-state index contributed by atoms with van der Waals surface area (Å²) >= 11 is 0. The van der Waals surface area contributed by atoms with Crippen LogP contribution in [0.2, 0.25) is 0 Å². The minimum absolute atomic E-state index is 0.122. The molecule has 2 aromatic heterocycles. The first kappa shape index (κ1) is 16.1. The van der Waals surface area contributed by atoms with E-state index < -0.39 is 5.82 Å². The third kappa shape index (κ3) is 3.97. The van der Waals surface area contributed by atoms with E-state index in [0.29, 0.717) is 5.69 Å². The second-order valence-electron chi connectivity index (χ2n) is 5.01. The summed E-state index contributed by atoms with van der Waals surface area (Å²) in [7, 11) is 1.79. The second-order valence-corrected chi connectivity index (χ2v) is 5.01. The van der Waals surface area contributed by atoms with Crippen LogP contribution in [0, 0.1) is 17.1 Å². The Hall–Kier alpha value is -3.74. The molecule has 1 aromatic carbocycles. The van der Waals surface area contributed by atoms with E-state index in [9.17, 15) is 4.39 Å². The van der Waals surface area contributed by atoms with Crippen molar-refractivity contribution in [1.29, 1.82) is 5.26 Å². The van der Waals surface area contributed by atoms with E-state index in [2.05, 4.69) is 31.0 Å². The maximum Gasteiger partial charge on any atom is 0.216 e. The number of aromatic amines is 1. The van der Waals surface area contributed by atoms with Gasteiger partial charge in [0, 0.05) is 36.8 Å². The number of nitrogens with one attached hydrogen (secondary N) is 2. The zero-order valence-corrected chi connectivity index (χ0v) is 13.1. The second kappa shape index (κ2) is 7.22. The van der Waals surface area contributed by atoms with Crippen LogP contribution in [0.25, 0.3) is 5.57 Å². The van der Waals surface area contributed by atoms with Gasteiger partial charge in [0.1, 0.15) is 18.2 Å². The average molecular weight is 340 g/mol. The number of aromatic nitrogens is 6. The maximum absolute atomic E-state index is 14.1. The molecule has 0 amide bonds. The molecule has 0 atom stereocenters. The summed E-state index contributed by atoms with van der Waals surface area (Å²) < 4.78 is 21.2. The monoisotopic (exact) mass is 340 g/mol. The smallest absolute Gasteiger partial charge is 0.216 e. The first-order valence-electron chi connectivity index (χ1n) is 7.16. The molecule has 0 aliphatic rings. The number of rotatable bonds is 6. The normalized spacial score (nSPS) is 11.2. The van der Waals surface area contributed by atoms with Gasteiger partial charge in [-0.1, -0.05) is 0 Å². The number of hydrogen-bond donors (Lipinski definition) is 2. The van der Waals surface area contributed by atoms with Crippen LogP contribution in [-0.4, -0.2) is 30.4 Å². The molecule has 3 aromatic rings. The molecular formula is C15H13FN8O. The van der Waals surface area contributed by atoms with Crippen molar-refractivity contribution in [2.45, 2.75) is 6.61 Å². The number of allylic oxidation sites excluding steroid dienone is 1. The molecule has 0 aliphatic heterocycles. The predicted octanol–water partition coefficient (Wildman–Crippen LogP) is 1.63. The van der Waals surface area contributed by atoms with Crippen molar-refractivity contribution >= 4 is 11.3 Å². The highest BCUT2D eigenvalue weighted by atomic mass is 19.1. The van der Waals surface area contributed by atoms with Gasteiger partial charge in [-0.2, -0.15) is 15.6 Å². The van der Waals surface area contributed by atoms with Gasteiger partial charge in [-0.15, -0.1) is 10.2 Å². The predicted molar refractivity (Wildman–Crippen MR) is 85.3 cm³/mol. The highest BCUT2D eigenvalue weighted by molar-refractivity contribution is 5.74. The van der Waals surface area contributed by atoms with E-state index in [1.807, 2.05) is 6.07 Å². The first-order valence-corrected chi connectivity index (χ1v) is 7.16. The lowest BCUT2D eigenvalue weighted by Gasteiger charge is -2.08. The summed E-state index contributed by atoms with van der Waals surface area (Å²) in [4.78, 5) is 0. The fraction of sp³-hybridized carbons (Fsp3) is 0.133. The molecular weight excluding hydrogens is 327 g/mol. The van der Waals surface area contributed by atoms with E-state index >= 15 is 0 Å². The summed E-state index contributed by atoms with van der Waals surface area (Å²) in [6, 6.07) is 6.32. The van der Waals surface area contributed by atoms with Gasteiger partial charge >= 0.3 is 0 Å². The summed E-state index contributed by atoms with van der Waals surface area (Å²) in [5.74, 6) is -0.260. The van der Waals surface area contributed by atoms with Crippen LogP contribution in [-0.2, 0) is 13.7 Å². The fourth-order valence-electron chi connectivity index (χ4n) is 1.99. The van der Waals surface area contributed by atoms with Gasteiger partial charge in [-0.25, -0.2) is 4.39 Å². The Morgan fingerprint density at radius 1 is 1.52 bits per heavy atom. The van der Waals surface area contributed by atoms with E-state index in [1.165, 1.54) is 18.3 Å². The molecule has 0 unspecified atom stereocenters. The molecule has 0 saturated carbocycles.